The third kappa shape index (κ3) is 9.41. The predicted octanol–water partition coefficient (Wildman–Crippen LogP) is 7.94. The normalized spacial score (nSPS) is 15.8. The van der Waals surface area contributed by atoms with Crippen molar-refractivity contribution in [1.82, 2.24) is 9.88 Å². The van der Waals surface area contributed by atoms with Crippen LogP contribution in [0.5, 0.6) is 11.6 Å². The minimum Gasteiger partial charge on any atom is -0.494 e. The summed E-state index contributed by atoms with van der Waals surface area (Å²) >= 11 is 2.01. The zero-order valence-corrected chi connectivity index (χ0v) is 24.3. The quantitative estimate of drug-likeness (QED) is 0.255. The number of piperazine rings is 1. The van der Waals surface area contributed by atoms with Crippen molar-refractivity contribution in [2.24, 2.45) is 0 Å². The number of aromatic nitrogens is 1. The Balaban J connectivity index is 0.00000107. The van der Waals surface area contributed by atoms with Crippen molar-refractivity contribution in [2.45, 2.75) is 65.7 Å². The van der Waals surface area contributed by atoms with Crippen LogP contribution in [0.3, 0.4) is 0 Å². The third-order valence-corrected chi connectivity index (χ3v) is 8.06. The molecule has 1 fully saturated rings. The lowest BCUT2D eigenvalue weighted by Gasteiger charge is -2.37. The molecule has 0 radical (unpaired) electrons. The number of methoxy groups -OCH3 is 1. The van der Waals surface area contributed by atoms with Gasteiger partial charge in [-0.1, -0.05) is 48.1 Å². The minimum absolute atomic E-state index is 0. The molecule has 1 aromatic heterocycles. The molecule has 7 heteroatoms. The Morgan fingerprint density at radius 1 is 1.00 bits per heavy atom. The lowest BCUT2D eigenvalue weighted by Crippen LogP contribution is -2.47. The van der Waals surface area contributed by atoms with Crippen LogP contribution in [0.25, 0.3) is 10.9 Å². The lowest BCUT2D eigenvalue weighted by atomic mass is 10.00. The maximum Gasteiger partial charge on any atom is 0.213 e. The first-order valence-electron chi connectivity index (χ1n) is 13.7. The van der Waals surface area contributed by atoms with Crippen LogP contribution in [0.4, 0.5) is 5.69 Å². The fourth-order valence-electron chi connectivity index (χ4n) is 4.85. The Morgan fingerprint density at radius 3 is 2.40 bits per heavy atom. The average Bonchev–Trinajstić information content (AvgIpc) is 3.35. The van der Waals surface area contributed by atoms with Crippen LogP contribution >= 0.6 is 11.8 Å². The van der Waals surface area contributed by atoms with E-state index in [0.717, 1.165) is 68.8 Å². The number of carbonyl (C=O) groups excluding carboxylic acids is 1. The minimum atomic E-state index is 0. The molecule has 222 valence electrons. The van der Waals surface area contributed by atoms with Gasteiger partial charge in [-0.15, -0.1) is 11.8 Å². The fraction of sp³-hybridized carbons (Fsp3) is 0.515. The molecule has 2 aliphatic heterocycles. The van der Waals surface area contributed by atoms with Crippen molar-refractivity contribution >= 4 is 35.1 Å². The topological polar surface area (TPSA) is 54.9 Å². The zero-order chi connectivity index (χ0) is 27.3. The highest BCUT2D eigenvalue weighted by Gasteiger charge is 2.26. The molecule has 0 saturated carbocycles. The van der Waals surface area contributed by atoms with Gasteiger partial charge in [-0.25, -0.2) is 4.98 Å². The Hall–Kier alpha value is -2.77. The SMILES string of the molecule is C.C.C=O.CCC.COc1ccc2ccc(OCCCCN3CCN(c4cccc5c4C(C)CS5)CC3)cc2n1. The van der Waals surface area contributed by atoms with Crippen LogP contribution in [-0.2, 0) is 4.79 Å². The second-order valence-corrected chi connectivity index (χ2v) is 10.8. The van der Waals surface area contributed by atoms with Crippen LogP contribution in [-0.4, -0.2) is 68.9 Å². The standard InChI is InChI=1S/C27H33N3O2S.C3H8.CH2O.2CH4/c1-20-19-33-25-7-5-6-24(27(20)25)30-15-13-29(14-16-30)12-3-4-17-32-22-10-8-21-9-11-26(31-2)28-23(21)18-22;1-3-2;1-2;;/h5-11,18,20H,3-4,12-17,19H2,1-2H3;3H2,1-2H3;1H2;2*1H4. The summed E-state index contributed by atoms with van der Waals surface area (Å²) in [5.74, 6) is 3.39. The first kappa shape index (κ1) is 35.3. The van der Waals surface area contributed by atoms with Crippen molar-refractivity contribution in [3.63, 3.8) is 0 Å². The highest BCUT2D eigenvalue weighted by atomic mass is 32.2. The van der Waals surface area contributed by atoms with Gasteiger partial charge < -0.3 is 19.2 Å². The molecule has 1 atom stereocenters. The summed E-state index contributed by atoms with van der Waals surface area (Å²) in [6.45, 7) is 15.0. The molecule has 0 aliphatic carbocycles. The van der Waals surface area contributed by atoms with E-state index < -0.39 is 0 Å². The van der Waals surface area contributed by atoms with Gasteiger partial charge in [0.1, 0.15) is 12.5 Å². The van der Waals surface area contributed by atoms with E-state index in [9.17, 15) is 0 Å². The molecule has 0 bridgehead atoms. The maximum absolute atomic E-state index is 8.00. The van der Waals surface area contributed by atoms with Gasteiger partial charge in [0.25, 0.3) is 0 Å². The molecule has 5 rings (SSSR count). The highest BCUT2D eigenvalue weighted by molar-refractivity contribution is 7.99. The molecule has 0 amide bonds. The number of benzene rings is 2. The number of anilines is 1. The summed E-state index contributed by atoms with van der Waals surface area (Å²) in [5, 5.41) is 1.09. The molecule has 3 heterocycles. The molecule has 0 spiro atoms. The Morgan fingerprint density at radius 2 is 1.70 bits per heavy atom. The van der Waals surface area contributed by atoms with E-state index in [1.807, 2.05) is 42.8 Å². The molecule has 2 aromatic carbocycles. The molecule has 6 nitrogen and oxygen atoms in total. The summed E-state index contributed by atoms with van der Waals surface area (Å²) in [6, 6.07) is 16.8. The van der Waals surface area contributed by atoms with Gasteiger partial charge in [0.15, 0.2) is 0 Å². The Labute approximate surface area is 247 Å². The number of pyridine rings is 1. The van der Waals surface area contributed by atoms with Gasteiger partial charge in [0, 0.05) is 60.0 Å². The monoisotopic (exact) mass is 569 g/mol. The van der Waals surface area contributed by atoms with E-state index in [2.05, 4.69) is 59.8 Å². The summed E-state index contributed by atoms with van der Waals surface area (Å²) in [5.41, 5.74) is 3.96. The number of fused-ring (bicyclic) bond motifs is 2. The number of ether oxygens (including phenoxy) is 2. The van der Waals surface area contributed by atoms with E-state index in [4.69, 9.17) is 14.3 Å². The molecule has 40 heavy (non-hydrogen) atoms. The third-order valence-electron chi connectivity index (χ3n) is 6.72. The number of thioether (sulfide) groups is 1. The Kier molecular flexibility index (Phi) is 16.4. The van der Waals surface area contributed by atoms with Gasteiger partial charge >= 0.3 is 0 Å². The number of nitrogens with zero attached hydrogens (tertiary/aromatic N) is 3. The van der Waals surface area contributed by atoms with Gasteiger partial charge in [-0.2, -0.15) is 0 Å². The number of unbranched alkanes of at least 4 members (excludes halogenated alkanes) is 1. The van der Waals surface area contributed by atoms with Gasteiger partial charge in [0.05, 0.1) is 19.2 Å². The molecule has 1 saturated heterocycles. The smallest absolute Gasteiger partial charge is 0.213 e. The van der Waals surface area contributed by atoms with Crippen LogP contribution in [0.15, 0.2) is 53.4 Å². The van der Waals surface area contributed by atoms with Crippen molar-refractivity contribution in [3.8, 4) is 11.6 Å². The van der Waals surface area contributed by atoms with E-state index in [-0.39, 0.29) is 14.9 Å². The van der Waals surface area contributed by atoms with E-state index >= 15 is 0 Å². The average molecular weight is 570 g/mol. The maximum atomic E-state index is 8.00. The number of carbonyl (C=O) groups is 1. The van der Waals surface area contributed by atoms with Gasteiger partial charge in [0.2, 0.25) is 5.88 Å². The zero-order valence-electron chi connectivity index (χ0n) is 23.4. The summed E-state index contributed by atoms with van der Waals surface area (Å²) in [6.07, 6.45) is 3.47. The van der Waals surface area contributed by atoms with E-state index in [1.54, 1.807) is 12.7 Å². The first-order valence-corrected chi connectivity index (χ1v) is 14.7. The van der Waals surface area contributed by atoms with Crippen LogP contribution < -0.4 is 14.4 Å². The summed E-state index contributed by atoms with van der Waals surface area (Å²) < 4.78 is 11.2. The molecule has 0 N–H and O–H groups in total. The molecule has 1 unspecified atom stereocenters. The van der Waals surface area contributed by atoms with Crippen molar-refractivity contribution in [3.05, 3.63) is 54.1 Å². The second-order valence-electron chi connectivity index (χ2n) is 9.70. The molecular formula is C33H51N3O3S. The molecule has 2 aliphatic rings. The fourth-order valence-corrected chi connectivity index (χ4v) is 6.08. The summed E-state index contributed by atoms with van der Waals surface area (Å²) in [4.78, 5) is 19.2. The van der Waals surface area contributed by atoms with Crippen molar-refractivity contribution < 1.29 is 14.3 Å². The largest absolute Gasteiger partial charge is 0.494 e. The lowest BCUT2D eigenvalue weighted by molar-refractivity contribution is -0.0980. The molecular weight excluding hydrogens is 518 g/mol. The van der Waals surface area contributed by atoms with Crippen LogP contribution in [0, 0.1) is 0 Å². The number of hydrogen-bond donors (Lipinski definition) is 0. The molecule has 3 aromatic rings. The second kappa shape index (κ2) is 18.6. The predicted molar refractivity (Wildman–Crippen MR) is 174 cm³/mol. The van der Waals surface area contributed by atoms with Crippen LogP contribution in [0.2, 0.25) is 0 Å². The Bertz CT molecular complexity index is 1140. The number of hydrogen-bond acceptors (Lipinski definition) is 7. The van der Waals surface area contributed by atoms with Crippen molar-refractivity contribution in [1.29, 1.82) is 0 Å². The van der Waals surface area contributed by atoms with E-state index in [0.29, 0.717) is 11.8 Å². The van der Waals surface area contributed by atoms with Gasteiger partial charge in [-0.05, 0) is 61.2 Å². The first-order chi connectivity index (χ1) is 18.6. The highest BCUT2D eigenvalue weighted by Crippen LogP contribution is 2.44. The number of rotatable bonds is 8. The van der Waals surface area contributed by atoms with E-state index in [1.165, 1.54) is 22.8 Å². The van der Waals surface area contributed by atoms with Crippen LogP contribution in [0.1, 0.15) is 66.4 Å². The van der Waals surface area contributed by atoms with Crippen molar-refractivity contribution in [2.75, 3.05) is 57.1 Å². The van der Waals surface area contributed by atoms with Gasteiger partial charge in [-0.3, -0.25) is 4.90 Å². The summed E-state index contributed by atoms with van der Waals surface area (Å²) in [7, 11) is 1.64.